The van der Waals surface area contributed by atoms with Crippen LogP contribution in [0.1, 0.15) is 18.2 Å². The van der Waals surface area contributed by atoms with Crippen LogP contribution in [-0.4, -0.2) is 46.1 Å². The summed E-state index contributed by atoms with van der Waals surface area (Å²) < 4.78 is 38.1. The van der Waals surface area contributed by atoms with Crippen LogP contribution in [0.5, 0.6) is 0 Å². The molecule has 0 aliphatic carbocycles. The zero-order valence-corrected chi connectivity index (χ0v) is 16.9. The second-order valence-electron chi connectivity index (χ2n) is 7.22. The third kappa shape index (κ3) is 4.68. The molecule has 0 radical (unpaired) electrons. The fraction of sp³-hybridized carbons (Fsp3) is 0.333. The number of rotatable bonds is 4. The van der Waals surface area contributed by atoms with E-state index in [1.165, 1.54) is 12.1 Å². The predicted octanol–water partition coefficient (Wildman–Crippen LogP) is 3.13. The Balaban J connectivity index is 1.41. The van der Waals surface area contributed by atoms with Gasteiger partial charge in [0.2, 0.25) is 0 Å². The number of pyridine rings is 2. The average Bonchev–Trinajstić information content (AvgIpc) is 2.78. The molecule has 0 bridgehead atoms. The van der Waals surface area contributed by atoms with Crippen LogP contribution in [-0.2, 0) is 12.6 Å². The number of hydrogen-bond donors (Lipinski definition) is 1. The van der Waals surface area contributed by atoms with Crippen LogP contribution >= 0.6 is 0 Å². The molecule has 162 valence electrons. The molecule has 0 unspecified atom stereocenters. The Kier molecular flexibility index (Phi) is 5.62. The van der Waals surface area contributed by atoms with Gasteiger partial charge in [0.15, 0.2) is 0 Å². The van der Waals surface area contributed by atoms with Gasteiger partial charge in [-0.05, 0) is 30.7 Å². The Bertz CT molecular complexity index is 1090. The summed E-state index contributed by atoms with van der Waals surface area (Å²) in [4.78, 5) is 31.5. The maximum absolute atomic E-state index is 12.7. The number of nitrogens with zero attached hydrogens (tertiary/aromatic N) is 5. The van der Waals surface area contributed by atoms with Gasteiger partial charge >= 0.3 is 6.18 Å². The van der Waals surface area contributed by atoms with E-state index in [0.717, 1.165) is 29.3 Å². The van der Waals surface area contributed by atoms with Crippen molar-refractivity contribution in [1.82, 2.24) is 19.9 Å². The largest absolute Gasteiger partial charge is 0.417 e. The summed E-state index contributed by atoms with van der Waals surface area (Å²) in [7, 11) is 0. The van der Waals surface area contributed by atoms with E-state index >= 15 is 0 Å². The fourth-order valence-corrected chi connectivity index (χ4v) is 3.44. The molecule has 0 spiro atoms. The summed E-state index contributed by atoms with van der Waals surface area (Å²) >= 11 is 0. The number of anilines is 2. The molecule has 0 saturated carbocycles. The first kappa shape index (κ1) is 20.8. The smallest absolute Gasteiger partial charge is 0.353 e. The standard InChI is InChI=1S/C21H21F3N6O/c1-2-16-11-19(31)28-20(27-16)14-3-5-17(25-12-14)29-7-9-30(10-8-29)18-6-4-15(13-26-18)21(22,23)24/h3-6,11-13H,2,7-10H2,1H3,(H,27,28,31). The number of H-pyrrole nitrogens is 1. The van der Waals surface area contributed by atoms with Gasteiger partial charge in [-0.2, -0.15) is 13.2 Å². The minimum Gasteiger partial charge on any atom is -0.353 e. The SMILES string of the molecule is CCc1cc(=O)[nH]c(-c2ccc(N3CCN(c4ccc(C(F)(F)F)cn4)CC3)nc2)n1. The molecule has 0 atom stereocenters. The van der Waals surface area contributed by atoms with Gasteiger partial charge in [-0.3, -0.25) is 4.79 Å². The van der Waals surface area contributed by atoms with Gasteiger partial charge in [-0.1, -0.05) is 6.92 Å². The summed E-state index contributed by atoms with van der Waals surface area (Å²) in [6.07, 6.45) is -1.17. The third-order valence-corrected chi connectivity index (χ3v) is 5.18. The maximum Gasteiger partial charge on any atom is 0.417 e. The molecule has 4 rings (SSSR count). The highest BCUT2D eigenvalue weighted by molar-refractivity contribution is 5.57. The predicted molar refractivity (Wildman–Crippen MR) is 111 cm³/mol. The summed E-state index contributed by atoms with van der Waals surface area (Å²) in [6.45, 7) is 4.50. The molecule has 1 aliphatic rings. The number of piperazine rings is 1. The van der Waals surface area contributed by atoms with Gasteiger partial charge in [0.1, 0.15) is 17.5 Å². The normalized spacial score (nSPS) is 14.7. The van der Waals surface area contributed by atoms with Gasteiger partial charge in [0.25, 0.3) is 5.56 Å². The third-order valence-electron chi connectivity index (χ3n) is 5.18. The molecule has 1 N–H and O–H groups in total. The first-order valence-electron chi connectivity index (χ1n) is 9.93. The highest BCUT2D eigenvalue weighted by Gasteiger charge is 2.31. The number of aromatic nitrogens is 4. The zero-order valence-electron chi connectivity index (χ0n) is 16.9. The maximum atomic E-state index is 12.7. The van der Waals surface area contributed by atoms with E-state index < -0.39 is 11.7 Å². The van der Waals surface area contributed by atoms with Crippen molar-refractivity contribution in [2.24, 2.45) is 0 Å². The van der Waals surface area contributed by atoms with Gasteiger partial charge in [-0.25, -0.2) is 15.0 Å². The summed E-state index contributed by atoms with van der Waals surface area (Å²) in [6, 6.07) is 7.69. The highest BCUT2D eigenvalue weighted by Crippen LogP contribution is 2.29. The lowest BCUT2D eigenvalue weighted by atomic mass is 10.2. The van der Waals surface area contributed by atoms with Crippen molar-refractivity contribution in [1.29, 1.82) is 0 Å². The molecule has 1 fully saturated rings. The van der Waals surface area contributed by atoms with Crippen LogP contribution in [0.15, 0.2) is 47.5 Å². The molecular weight excluding hydrogens is 409 g/mol. The first-order chi connectivity index (χ1) is 14.8. The van der Waals surface area contributed by atoms with E-state index in [-0.39, 0.29) is 5.56 Å². The molecular formula is C21H21F3N6O. The Labute approximate surface area is 176 Å². The lowest BCUT2D eigenvalue weighted by Gasteiger charge is -2.36. The van der Waals surface area contributed by atoms with Gasteiger partial charge in [0.05, 0.1) is 5.56 Å². The van der Waals surface area contributed by atoms with Crippen LogP contribution in [0.2, 0.25) is 0 Å². The molecule has 1 saturated heterocycles. The van der Waals surface area contributed by atoms with Crippen molar-refractivity contribution in [3.8, 4) is 11.4 Å². The second kappa shape index (κ2) is 8.37. The van der Waals surface area contributed by atoms with Gasteiger partial charge in [0, 0.05) is 55.9 Å². The van der Waals surface area contributed by atoms with Gasteiger partial charge in [-0.15, -0.1) is 0 Å². The Morgan fingerprint density at radius 3 is 2.06 bits per heavy atom. The molecule has 3 aromatic heterocycles. The highest BCUT2D eigenvalue weighted by atomic mass is 19.4. The number of aryl methyl sites for hydroxylation is 1. The van der Waals surface area contributed by atoms with Crippen molar-refractivity contribution in [2.45, 2.75) is 19.5 Å². The molecule has 4 heterocycles. The van der Waals surface area contributed by atoms with E-state index in [9.17, 15) is 18.0 Å². The minimum absolute atomic E-state index is 0.195. The number of halogens is 3. The average molecular weight is 430 g/mol. The second-order valence-corrected chi connectivity index (χ2v) is 7.22. The quantitative estimate of drug-likeness (QED) is 0.685. The minimum atomic E-state index is -4.39. The van der Waals surface area contributed by atoms with Crippen molar-refractivity contribution in [3.05, 3.63) is 64.3 Å². The van der Waals surface area contributed by atoms with E-state index in [4.69, 9.17) is 0 Å². The lowest BCUT2D eigenvalue weighted by Crippen LogP contribution is -2.47. The molecule has 7 nitrogen and oxygen atoms in total. The topological polar surface area (TPSA) is 78.0 Å². The summed E-state index contributed by atoms with van der Waals surface area (Å²) in [5, 5.41) is 0. The van der Waals surface area contributed by atoms with Crippen LogP contribution in [0.25, 0.3) is 11.4 Å². The van der Waals surface area contributed by atoms with Crippen molar-refractivity contribution >= 4 is 11.6 Å². The van der Waals surface area contributed by atoms with E-state index in [1.807, 2.05) is 24.0 Å². The molecule has 3 aromatic rings. The molecule has 0 amide bonds. The van der Waals surface area contributed by atoms with Crippen LogP contribution in [0.3, 0.4) is 0 Å². The van der Waals surface area contributed by atoms with Crippen molar-refractivity contribution < 1.29 is 13.2 Å². The van der Waals surface area contributed by atoms with Crippen LogP contribution in [0, 0.1) is 0 Å². The Morgan fingerprint density at radius 1 is 0.968 bits per heavy atom. The van der Waals surface area contributed by atoms with Crippen LogP contribution in [0.4, 0.5) is 24.8 Å². The first-order valence-corrected chi connectivity index (χ1v) is 9.93. The van der Waals surface area contributed by atoms with Crippen molar-refractivity contribution in [2.75, 3.05) is 36.0 Å². The summed E-state index contributed by atoms with van der Waals surface area (Å²) in [5.74, 6) is 1.81. The summed E-state index contributed by atoms with van der Waals surface area (Å²) in [5.41, 5.74) is 0.498. The Hall–Kier alpha value is -3.43. The zero-order chi connectivity index (χ0) is 22.0. The molecule has 10 heteroatoms. The van der Waals surface area contributed by atoms with E-state index in [1.54, 1.807) is 6.20 Å². The van der Waals surface area contributed by atoms with E-state index in [0.29, 0.717) is 44.2 Å². The number of nitrogens with one attached hydrogen (secondary N) is 1. The lowest BCUT2D eigenvalue weighted by molar-refractivity contribution is -0.137. The van der Waals surface area contributed by atoms with Crippen molar-refractivity contribution in [3.63, 3.8) is 0 Å². The Morgan fingerprint density at radius 2 is 1.58 bits per heavy atom. The fourth-order valence-electron chi connectivity index (χ4n) is 3.44. The van der Waals surface area contributed by atoms with Crippen LogP contribution < -0.4 is 15.4 Å². The number of aromatic amines is 1. The molecule has 31 heavy (non-hydrogen) atoms. The number of alkyl halides is 3. The monoisotopic (exact) mass is 430 g/mol. The number of hydrogen-bond acceptors (Lipinski definition) is 6. The van der Waals surface area contributed by atoms with E-state index in [2.05, 4.69) is 24.8 Å². The molecule has 1 aliphatic heterocycles. The molecule has 0 aromatic carbocycles. The van der Waals surface area contributed by atoms with Gasteiger partial charge < -0.3 is 14.8 Å².